The Labute approximate surface area is 323 Å². The summed E-state index contributed by atoms with van der Waals surface area (Å²) in [5, 5.41) is 18.8. The molecule has 0 spiro atoms. The summed E-state index contributed by atoms with van der Waals surface area (Å²) in [5.41, 5.74) is 5.97. The first-order chi connectivity index (χ1) is 26.5. The van der Waals surface area contributed by atoms with E-state index in [0.29, 0.717) is 97.4 Å². The van der Waals surface area contributed by atoms with Crippen LogP contribution in [0.3, 0.4) is 0 Å². The molecule has 7 atom stereocenters. The number of likely N-dealkylation sites (tertiary alicyclic amines) is 1. The van der Waals surface area contributed by atoms with Crippen molar-refractivity contribution in [1.29, 1.82) is 0 Å². The van der Waals surface area contributed by atoms with Gasteiger partial charge in [-0.1, -0.05) is 6.42 Å². The van der Waals surface area contributed by atoms with Crippen LogP contribution in [0.5, 0.6) is 0 Å². The SMILES string of the molecule is CC1CCCC(C)N1CC(=O)NCCC(=O)NCCOCCOCCOCCOCCC(=O)NCCCC1CN([C@@H]2OCC(O[PH](=O)O)[C@@H]2O)C(=O)N=C1N. The Balaban J connectivity index is 1.06. The minimum atomic E-state index is -3.29. The number of rotatable bonds is 27. The predicted octanol–water partition coefficient (Wildman–Crippen LogP) is -0.882. The van der Waals surface area contributed by atoms with Gasteiger partial charge in [0.25, 0.3) is 0 Å². The molecule has 3 rings (SSSR count). The van der Waals surface area contributed by atoms with Crippen LogP contribution in [-0.4, -0.2) is 172 Å². The van der Waals surface area contributed by atoms with Crippen molar-refractivity contribution in [3.8, 4) is 0 Å². The van der Waals surface area contributed by atoms with Gasteiger partial charge in [0.1, 0.15) is 18.0 Å². The van der Waals surface area contributed by atoms with Crippen molar-refractivity contribution in [3.63, 3.8) is 0 Å². The maximum absolute atomic E-state index is 12.4. The molecule has 0 saturated carbocycles. The second kappa shape index (κ2) is 26.2. The Bertz CT molecular complexity index is 1240. The van der Waals surface area contributed by atoms with Crippen molar-refractivity contribution >= 4 is 37.8 Å². The summed E-state index contributed by atoms with van der Waals surface area (Å²) in [6.45, 7) is 8.50. The second-order valence-electron chi connectivity index (χ2n) is 13.7. The lowest BCUT2D eigenvalue weighted by Crippen LogP contribution is -2.53. The van der Waals surface area contributed by atoms with Crippen LogP contribution >= 0.6 is 8.25 Å². The van der Waals surface area contributed by atoms with Gasteiger partial charge in [0.15, 0.2) is 6.23 Å². The van der Waals surface area contributed by atoms with Crippen LogP contribution in [-0.2, 0) is 47.2 Å². The van der Waals surface area contributed by atoms with Crippen LogP contribution in [0.25, 0.3) is 0 Å². The van der Waals surface area contributed by atoms with Gasteiger partial charge in [-0.15, -0.1) is 0 Å². The van der Waals surface area contributed by atoms with E-state index in [0.717, 1.165) is 12.8 Å². The standard InChI is InChI=1S/C34H62N7O13P/c1-24-5-3-6-25(2)40(24)22-30(44)37-11-8-28(42)38-12-14-50-16-18-52-20-19-51-17-15-49-13-9-29(43)36-10-4-7-26-21-41(34(46)39-32(26)35)33-31(45)27(23-53-33)54-55(47)48/h24-27,31,33,45,55H,3-23H2,1-2H3,(H,36,43)(H,37,44)(H,38,42)(H,47,48)(H2,35,39,46)/t24?,25?,26?,27?,31-,33+/m0/s1. The third kappa shape index (κ3) is 17.9. The molecule has 0 aromatic rings. The Morgan fingerprint density at radius 3 is 2.11 bits per heavy atom. The maximum atomic E-state index is 12.4. The summed E-state index contributed by atoms with van der Waals surface area (Å²) in [4.78, 5) is 65.2. The molecule has 3 aliphatic heterocycles. The molecule has 0 aromatic carbocycles. The van der Waals surface area contributed by atoms with Crippen LogP contribution in [0, 0.1) is 5.92 Å². The quantitative estimate of drug-likeness (QED) is 0.0435. The maximum Gasteiger partial charge on any atom is 0.347 e. The predicted molar refractivity (Wildman–Crippen MR) is 199 cm³/mol. The Morgan fingerprint density at radius 1 is 0.873 bits per heavy atom. The van der Waals surface area contributed by atoms with E-state index in [-0.39, 0.29) is 62.1 Å². The Morgan fingerprint density at radius 2 is 1.45 bits per heavy atom. The first kappa shape index (κ1) is 46.6. The number of piperidine rings is 1. The molecule has 21 heteroatoms. The Kier molecular flexibility index (Phi) is 22.2. The van der Waals surface area contributed by atoms with Gasteiger partial charge in [-0.25, -0.2) is 4.79 Å². The zero-order chi connectivity index (χ0) is 40.0. The van der Waals surface area contributed by atoms with E-state index in [1.807, 2.05) is 0 Å². The number of amides is 5. The molecule has 2 saturated heterocycles. The van der Waals surface area contributed by atoms with Crippen molar-refractivity contribution < 1.29 is 62.0 Å². The highest BCUT2D eigenvalue weighted by molar-refractivity contribution is 7.32. The highest BCUT2D eigenvalue weighted by Gasteiger charge is 2.45. The van der Waals surface area contributed by atoms with E-state index in [2.05, 4.69) is 39.7 Å². The average Bonchev–Trinajstić information content (AvgIpc) is 3.48. The van der Waals surface area contributed by atoms with Gasteiger partial charge in [-0.05, 0) is 39.5 Å². The van der Waals surface area contributed by atoms with Crippen molar-refractivity contribution in [2.24, 2.45) is 16.6 Å². The Hall–Kier alpha value is -2.78. The van der Waals surface area contributed by atoms with Gasteiger partial charge in [0, 0.05) is 57.0 Å². The van der Waals surface area contributed by atoms with Crippen LogP contribution in [0.1, 0.15) is 58.8 Å². The lowest BCUT2D eigenvalue weighted by molar-refractivity contribution is -0.124. The van der Waals surface area contributed by atoms with E-state index in [4.69, 9.17) is 38.8 Å². The number of nitrogens with two attached hydrogens (primary N) is 1. The van der Waals surface area contributed by atoms with Crippen LogP contribution < -0.4 is 21.7 Å². The number of amidine groups is 1. The van der Waals surface area contributed by atoms with Crippen molar-refractivity contribution in [1.82, 2.24) is 25.8 Å². The number of aliphatic imine (C=N–C) groups is 1. The summed E-state index contributed by atoms with van der Waals surface area (Å²) < 4.78 is 43.1. The molecule has 3 aliphatic rings. The molecule has 0 aromatic heterocycles. The molecular formula is C34H62N7O13P. The van der Waals surface area contributed by atoms with E-state index in [9.17, 15) is 28.8 Å². The first-order valence-electron chi connectivity index (χ1n) is 19.2. The molecule has 5 amide bonds. The van der Waals surface area contributed by atoms with Crippen molar-refractivity contribution in [2.75, 3.05) is 92.2 Å². The zero-order valence-electron chi connectivity index (χ0n) is 32.1. The molecule has 0 aliphatic carbocycles. The lowest BCUT2D eigenvalue weighted by Gasteiger charge is -2.38. The topological polar surface area (TPSA) is 262 Å². The van der Waals surface area contributed by atoms with Crippen molar-refractivity contribution in [3.05, 3.63) is 0 Å². The van der Waals surface area contributed by atoms with E-state index < -0.39 is 32.7 Å². The molecule has 316 valence electrons. The highest BCUT2D eigenvalue weighted by Crippen LogP contribution is 2.30. The minimum absolute atomic E-state index is 0.0529. The number of hydrogen-bond donors (Lipinski definition) is 6. The molecule has 0 bridgehead atoms. The third-order valence-electron chi connectivity index (χ3n) is 9.56. The van der Waals surface area contributed by atoms with Crippen LogP contribution in [0.4, 0.5) is 4.79 Å². The average molecular weight is 808 g/mol. The van der Waals surface area contributed by atoms with Gasteiger partial charge in [0.05, 0.1) is 66.0 Å². The monoisotopic (exact) mass is 807 g/mol. The van der Waals surface area contributed by atoms with E-state index in [1.165, 1.54) is 11.3 Å². The summed E-state index contributed by atoms with van der Waals surface area (Å²) in [5.74, 6) is -0.537. The summed E-state index contributed by atoms with van der Waals surface area (Å²) in [7, 11) is -3.29. The van der Waals surface area contributed by atoms with Crippen molar-refractivity contribution in [2.45, 2.75) is 89.3 Å². The summed E-state index contributed by atoms with van der Waals surface area (Å²) >= 11 is 0. The number of nitrogens with zero attached hydrogens (tertiary/aromatic N) is 3. The molecular weight excluding hydrogens is 745 g/mol. The smallest absolute Gasteiger partial charge is 0.347 e. The molecule has 3 heterocycles. The van der Waals surface area contributed by atoms with E-state index >= 15 is 0 Å². The highest BCUT2D eigenvalue weighted by atomic mass is 31.1. The van der Waals surface area contributed by atoms with E-state index in [1.54, 1.807) is 0 Å². The number of aliphatic hydroxyl groups is 1. The fourth-order valence-corrected chi connectivity index (χ4v) is 6.94. The number of carbonyl (C=O) groups is 4. The third-order valence-corrected chi connectivity index (χ3v) is 10.1. The summed E-state index contributed by atoms with van der Waals surface area (Å²) in [6.07, 6.45) is 1.44. The first-order valence-corrected chi connectivity index (χ1v) is 20.4. The number of ether oxygens (including phenoxy) is 5. The molecule has 55 heavy (non-hydrogen) atoms. The minimum Gasteiger partial charge on any atom is -0.387 e. The van der Waals surface area contributed by atoms with Crippen LogP contribution in [0.15, 0.2) is 4.99 Å². The van der Waals surface area contributed by atoms with Gasteiger partial charge in [-0.2, -0.15) is 4.99 Å². The number of hydrogen-bond acceptors (Lipinski definition) is 14. The molecule has 0 radical (unpaired) electrons. The van der Waals surface area contributed by atoms with Gasteiger partial charge < -0.3 is 59.9 Å². The lowest BCUT2D eigenvalue weighted by atomic mass is 9.97. The second-order valence-corrected chi connectivity index (χ2v) is 14.5. The molecule has 2 fully saturated rings. The fraction of sp³-hybridized carbons (Fsp3) is 0.853. The van der Waals surface area contributed by atoms with Gasteiger partial charge >= 0.3 is 14.3 Å². The molecule has 5 unspecified atom stereocenters. The zero-order valence-corrected chi connectivity index (χ0v) is 33.1. The fourth-order valence-electron chi connectivity index (χ4n) is 6.47. The molecule has 7 N–H and O–H groups in total. The largest absolute Gasteiger partial charge is 0.387 e. The van der Waals surface area contributed by atoms with Gasteiger partial charge in [0.2, 0.25) is 17.7 Å². The number of nitrogens with one attached hydrogen (secondary N) is 3. The van der Waals surface area contributed by atoms with Gasteiger partial charge in [-0.3, -0.25) is 28.7 Å². The number of aliphatic hydroxyl groups excluding tert-OH is 1. The number of carbonyl (C=O) groups excluding carboxylic acids is 4. The summed E-state index contributed by atoms with van der Waals surface area (Å²) in [6, 6.07) is 0.113. The molecule has 20 nitrogen and oxygen atoms in total. The number of urea groups is 1. The van der Waals surface area contributed by atoms with Crippen LogP contribution in [0.2, 0.25) is 0 Å². The normalized spacial score (nSPS) is 25.1.